The van der Waals surface area contributed by atoms with Crippen LogP contribution in [-0.4, -0.2) is 29.2 Å². The van der Waals surface area contributed by atoms with Gasteiger partial charge in [-0.1, -0.05) is 35.9 Å². The zero-order valence-corrected chi connectivity index (χ0v) is 18.1. The van der Waals surface area contributed by atoms with Crippen LogP contribution in [0.15, 0.2) is 58.9 Å². The van der Waals surface area contributed by atoms with Crippen molar-refractivity contribution in [2.24, 2.45) is 4.99 Å². The predicted molar refractivity (Wildman–Crippen MR) is 122 cm³/mol. The fraction of sp³-hybridized carbons (Fsp3) is 0.174. The highest BCUT2D eigenvalue weighted by Crippen LogP contribution is 2.52. The Balaban J connectivity index is 1.60. The Kier molecular flexibility index (Phi) is 4.00. The standard InChI is InChI=1S/C23H17ClN4O2S/c1-12-9-15-20-16(10-12)25-18(29)11-27(20)23(30)28-21(15)19(13-4-6-14(24)7-5-13)26-22(28)17-3-2-8-31-17/h2-10,19,21H,11H2,1H3,(H,25,29). The van der Waals surface area contributed by atoms with Crippen molar-refractivity contribution in [1.82, 2.24) is 4.90 Å². The van der Waals surface area contributed by atoms with Crippen molar-refractivity contribution in [2.45, 2.75) is 19.0 Å². The molecule has 1 aromatic heterocycles. The predicted octanol–water partition coefficient (Wildman–Crippen LogP) is 5.15. The molecule has 8 heteroatoms. The number of benzene rings is 2. The van der Waals surface area contributed by atoms with E-state index < -0.39 is 0 Å². The number of hydrogen-bond donors (Lipinski definition) is 1. The molecule has 0 saturated carbocycles. The number of urea groups is 1. The highest BCUT2D eigenvalue weighted by atomic mass is 35.5. The molecule has 1 N–H and O–H groups in total. The van der Waals surface area contributed by atoms with Crippen molar-refractivity contribution in [3.05, 3.63) is 80.5 Å². The number of nitrogens with zero attached hydrogens (tertiary/aromatic N) is 3. The van der Waals surface area contributed by atoms with Crippen LogP contribution < -0.4 is 10.2 Å². The Morgan fingerprint density at radius 3 is 2.71 bits per heavy atom. The van der Waals surface area contributed by atoms with E-state index >= 15 is 0 Å². The summed E-state index contributed by atoms with van der Waals surface area (Å²) in [5, 5.41) is 5.57. The number of nitrogens with one attached hydrogen (secondary N) is 1. The maximum absolute atomic E-state index is 13.7. The third-order valence-corrected chi connectivity index (χ3v) is 7.02. The molecule has 4 heterocycles. The maximum Gasteiger partial charge on any atom is 0.331 e. The number of carbonyl (C=O) groups excluding carboxylic acids is 2. The third kappa shape index (κ3) is 2.73. The molecular weight excluding hydrogens is 432 g/mol. The molecule has 0 spiro atoms. The summed E-state index contributed by atoms with van der Waals surface area (Å²) in [6, 6.07) is 14.8. The molecule has 3 aliphatic heterocycles. The fourth-order valence-corrected chi connectivity index (χ4v) is 5.54. The number of hydrogen-bond acceptors (Lipinski definition) is 4. The van der Waals surface area contributed by atoms with Gasteiger partial charge in [-0.15, -0.1) is 11.3 Å². The van der Waals surface area contributed by atoms with E-state index in [1.807, 2.05) is 54.8 Å². The third-order valence-electron chi connectivity index (χ3n) is 5.90. The summed E-state index contributed by atoms with van der Waals surface area (Å²) >= 11 is 7.67. The van der Waals surface area contributed by atoms with E-state index in [1.54, 1.807) is 21.1 Å². The molecule has 2 unspecified atom stereocenters. The van der Waals surface area contributed by atoms with Crippen LogP contribution in [0.1, 0.15) is 33.7 Å². The number of amidine groups is 1. The van der Waals surface area contributed by atoms with Crippen molar-refractivity contribution in [3.63, 3.8) is 0 Å². The lowest BCUT2D eigenvalue weighted by Gasteiger charge is -2.43. The summed E-state index contributed by atoms with van der Waals surface area (Å²) in [5.74, 6) is 0.448. The van der Waals surface area contributed by atoms with Gasteiger partial charge in [0.25, 0.3) is 0 Å². The minimum Gasteiger partial charge on any atom is -0.323 e. The summed E-state index contributed by atoms with van der Waals surface area (Å²) in [5.41, 5.74) is 4.45. The van der Waals surface area contributed by atoms with Gasteiger partial charge in [-0.05, 0) is 47.7 Å². The highest BCUT2D eigenvalue weighted by molar-refractivity contribution is 7.12. The highest BCUT2D eigenvalue weighted by Gasteiger charge is 2.50. The minimum absolute atomic E-state index is 0.00551. The number of thiophene rings is 1. The van der Waals surface area contributed by atoms with Gasteiger partial charge in [-0.25, -0.2) is 4.79 Å². The largest absolute Gasteiger partial charge is 0.331 e. The molecule has 0 radical (unpaired) electrons. The summed E-state index contributed by atoms with van der Waals surface area (Å²) < 4.78 is 0. The van der Waals surface area contributed by atoms with Crippen LogP contribution in [0, 0.1) is 6.92 Å². The molecular formula is C23H17ClN4O2S. The smallest absolute Gasteiger partial charge is 0.323 e. The molecule has 154 valence electrons. The van der Waals surface area contributed by atoms with E-state index in [2.05, 4.69) is 11.4 Å². The fourth-order valence-electron chi connectivity index (χ4n) is 4.70. The molecule has 2 aromatic carbocycles. The van der Waals surface area contributed by atoms with E-state index in [0.29, 0.717) is 16.5 Å². The second-order valence-corrected chi connectivity index (χ2v) is 9.29. The number of halogens is 1. The second kappa shape index (κ2) is 6.67. The molecule has 31 heavy (non-hydrogen) atoms. The number of amides is 3. The van der Waals surface area contributed by atoms with Gasteiger partial charge in [0, 0.05) is 10.6 Å². The Bertz CT molecular complexity index is 1270. The number of fused-ring (bicyclic) bond motifs is 2. The van der Waals surface area contributed by atoms with Crippen LogP contribution in [0.3, 0.4) is 0 Å². The first-order valence-corrected chi connectivity index (χ1v) is 11.2. The van der Waals surface area contributed by atoms with Crippen LogP contribution in [0.25, 0.3) is 0 Å². The van der Waals surface area contributed by atoms with Crippen molar-refractivity contribution in [1.29, 1.82) is 0 Å². The molecule has 3 aromatic rings. The lowest BCUT2D eigenvalue weighted by Crippen LogP contribution is -2.54. The monoisotopic (exact) mass is 448 g/mol. The summed E-state index contributed by atoms with van der Waals surface area (Å²) in [6.45, 7) is 1.99. The first kappa shape index (κ1) is 18.6. The summed E-state index contributed by atoms with van der Waals surface area (Å²) in [6.07, 6.45) is 0. The van der Waals surface area contributed by atoms with Gasteiger partial charge in [0.05, 0.1) is 22.3 Å². The molecule has 0 saturated heterocycles. The van der Waals surface area contributed by atoms with E-state index in [9.17, 15) is 9.59 Å². The molecule has 6 rings (SSSR count). The first-order valence-electron chi connectivity index (χ1n) is 9.93. The van der Waals surface area contributed by atoms with Crippen LogP contribution in [0.4, 0.5) is 16.2 Å². The average molecular weight is 449 g/mol. The summed E-state index contributed by atoms with van der Waals surface area (Å²) in [7, 11) is 0. The van der Waals surface area contributed by atoms with Gasteiger partial charge in [-0.2, -0.15) is 0 Å². The lowest BCUT2D eigenvalue weighted by molar-refractivity contribution is -0.115. The van der Waals surface area contributed by atoms with Gasteiger partial charge in [0.2, 0.25) is 5.91 Å². The van der Waals surface area contributed by atoms with Crippen LogP contribution >= 0.6 is 22.9 Å². The molecule has 3 amide bonds. The topological polar surface area (TPSA) is 65.0 Å². The summed E-state index contributed by atoms with van der Waals surface area (Å²) in [4.78, 5) is 35.4. The Labute approximate surface area is 187 Å². The number of anilines is 2. The Morgan fingerprint density at radius 1 is 1.16 bits per heavy atom. The van der Waals surface area contributed by atoms with Gasteiger partial charge in [0.1, 0.15) is 12.6 Å². The lowest BCUT2D eigenvalue weighted by atomic mass is 9.88. The average Bonchev–Trinajstić information content (AvgIpc) is 3.39. The molecule has 0 bridgehead atoms. The molecule has 6 nitrogen and oxygen atoms in total. The van der Waals surface area contributed by atoms with Gasteiger partial charge < -0.3 is 5.32 Å². The van der Waals surface area contributed by atoms with Gasteiger partial charge in [-0.3, -0.25) is 19.6 Å². The van der Waals surface area contributed by atoms with Gasteiger partial charge in [0.15, 0.2) is 5.84 Å². The van der Waals surface area contributed by atoms with Crippen molar-refractivity contribution in [3.8, 4) is 0 Å². The number of aryl methyl sites for hydroxylation is 1. The second-order valence-electron chi connectivity index (χ2n) is 7.91. The molecule has 0 aliphatic carbocycles. The first-order chi connectivity index (χ1) is 15.0. The maximum atomic E-state index is 13.7. The molecule has 0 fully saturated rings. The Morgan fingerprint density at radius 2 is 1.97 bits per heavy atom. The minimum atomic E-state index is -0.300. The van der Waals surface area contributed by atoms with E-state index in [4.69, 9.17) is 16.6 Å². The van der Waals surface area contributed by atoms with Crippen molar-refractivity contribution in [2.75, 3.05) is 16.8 Å². The van der Waals surface area contributed by atoms with Crippen molar-refractivity contribution < 1.29 is 9.59 Å². The SMILES string of the molecule is Cc1cc2c3c(c1)C1C(c4ccc(Cl)cc4)N=C(c4cccs4)N1C(=O)N3CC(=O)N2. The van der Waals surface area contributed by atoms with Crippen LogP contribution in [0.5, 0.6) is 0 Å². The van der Waals surface area contributed by atoms with Crippen molar-refractivity contribution >= 4 is 52.1 Å². The van der Waals surface area contributed by atoms with E-state index in [-0.39, 0.29) is 30.6 Å². The van der Waals surface area contributed by atoms with Crippen LogP contribution in [0.2, 0.25) is 5.02 Å². The van der Waals surface area contributed by atoms with Gasteiger partial charge >= 0.3 is 6.03 Å². The van der Waals surface area contributed by atoms with E-state index in [1.165, 1.54) is 0 Å². The number of carbonyl (C=O) groups is 2. The van der Waals surface area contributed by atoms with E-state index in [0.717, 1.165) is 27.3 Å². The van der Waals surface area contributed by atoms with Crippen LogP contribution in [-0.2, 0) is 4.79 Å². The zero-order valence-electron chi connectivity index (χ0n) is 16.5. The number of rotatable bonds is 2. The zero-order chi connectivity index (χ0) is 21.3. The molecule has 2 atom stereocenters. The normalized spacial score (nSPS) is 21.5. The molecule has 3 aliphatic rings. The quantitative estimate of drug-likeness (QED) is 0.589. The Hall–Kier alpha value is -3.16. The number of aliphatic imine (C=N–C) groups is 1.